The summed E-state index contributed by atoms with van der Waals surface area (Å²) in [7, 11) is -3.67. The van der Waals surface area contributed by atoms with Crippen LogP contribution in [0.25, 0.3) is 0 Å². The normalized spacial score (nSPS) is 16.9. The minimum absolute atomic E-state index is 0.0277. The lowest BCUT2D eigenvalue weighted by molar-refractivity contribution is -0.131. The Morgan fingerprint density at radius 1 is 1.11 bits per heavy atom. The highest BCUT2D eigenvalue weighted by atomic mass is 32.2. The Morgan fingerprint density at radius 2 is 1.71 bits per heavy atom. The van der Waals surface area contributed by atoms with Crippen molar-refractivity contribution >= 4 is 27.7 Å². The molecule has 1 aliphatic rings. The van der Waals surface area contributed by atoms with Crippen LogP contribution in [0, 0.1) is 20.8 Å². The van der Waals surface area contributed by atoms with Gasteiger partial charge in [0.2, 0.25) is 15.9 Å². The second-order valence-corrected chi connectivity index (χ2v) is 10.2. The first kappa shape index (κ1) is 20.9. The molecule has 1 fully saturated rings. The summed E-state index contributed by atoms with van der Waals surface area (Å²) in [6.07, 6.45) is 0. The fraction of sp³-hybridized carbons (Fsp3) is 0.474. The summed E-state index contributed by atoms with van der Waals surface area (Å²) in [5, 5.41) is 3.51. The number of aromatic nitrogens is 1. The van der Waals surface area contributed by atoms with Crippen molar-refractivity contribution in [1.82, 2.24) is 14.4 Å². The maximum absolute atomic E-state index is 12.9. The molecule has 2 heterocycles. The Balaban J connectivity index is 1.61. The predicted molar refractivity (Wildman–Crippen MR) is 108 cm³/mol. The number of carbonyl (C=O) groups excluding carboxylic acids is 1. The third-order valence-electron chi connectivity index (χ3n) is 4.80. The fourth-order valence-electron chi connectivity index (χ4n) is 3.25. The number of hydrogen-bond donors (Lipinski definition) is 0. The van der Waals surface area contributed by atoms with Crippen molar-refractivity contribution in [3.63, 3.8) is 0 Å². The Bertz CT molecular complexity index is 927. The van der Waals surface area contributed by atoms with Gasteiger partial charge in [-0.15, -0.1) is 11.8 Å². The van der Waals surface area contributed by atoms with Crippen LogP contribution in [0.2, 0.25) is 0 Å². The van der Waals surface area contributed by atoms with Crippen LogP contribution in [-0.2, 0) is 14.8 Å². The van der Waals surface area contributed by atoms with Crippen LogP contribution < -0.4 is 0 Å². The number of benzene rings is 1. The summed E-state index contributed by atoms with van der Waals surface area (Å²) >= 11 is 1.52. The minimum Gasteiger partial charge on any atom is -0.360 e. The Morgan fingerprint density at radius 3 is 2.25 bits per heavy atom. The van der Waals surface area contributed by atoms with Gasteiger partial charge in [0.1, 0.15) is 10.6 Å². The first-order chi connectivity index (χ1) is 13.2. The molecule has 1 aliphatic heterocycles. The number of rotatable bonds is 5. The number of nitrogens with zero attached hydrogens (tertiary/aromatic N) is 3. The van der Waals surface area contributed by atoms with Gasteiger partial charge >= 0.3 is 0 Å². The molecule has 1 saturated heterocycles. The lowest BCUT2D eigenvalue weighted by Gasteiger charge is -2.35. The van der Waals surface area contributed by atoms with E-state index in [1.807, 2.05) is 38.1 Å². The predicted octanol–water partition coefficient (Wildman–Crippen LogP) is 2.61. The van der Waals surface area contributed by atoms with E-state index in [0.717, 1.165) is 4.90 Å². The summed E-state index contributed by atoms with van der Waals surface area (Å²) in [6, 6.07) is 8.07. The standard InChI is InChI=1S/C19H25N3O4S2/c1-13-5-7-17(8-6-13)27-16(4)19(23)21-9-11-22(12-10-21)28(24,25)18-14(2)20-26-15(18)3/h5-8,16H,9-12H2,1-4H3/t16-/m0/s1. The molecule has 1 aromatic carbocycles. The molecular weight excluding hydrogens is 398 g/mol. The number of thioether (sulfide) groups is 1. The van der Waals surface area contributed by atoms with Crippen LogP contribution in [-0.4, -0.2) is 60.1 Å². The van der Waals surface area contributed by atoms with E-state index in [0.29, 0.717) is 24.5 Å². The van der Waals surface area contributed by atoms with E-state index in [4.69, 9.17) is 4.52 Å². The Hall–Kier alpha value is -1.84. The van der Waals surface area contributed by atoms with Crippen LogP contribution >= 0.6 is 11.8 Å². The molecule has 0 bridgehead atoms. The average Bonchev–Trinajstić information content (AvgIpc) is 3.02. The molecule has 2 aromatic rings. The van der Waals surface area contributed by atoms with Gasteiger partial charge in [-0.3, -0.25) is 4.79 Å². The van der Waals surface area contributed by atoms with Crippen LogP contribution in [0.4, 0.5) is 0 Å². The van der Waals surface area contributed by atoms with Gasteiger partial charge in [0, 0.05) is 31.1 Å². The highest BCUT2D eigenvalue weighted by Crippen LogP contribution is 2.27. The highest BCUT2D eigenvalue weighted by Gasteiger charge is 2.35. The van der Waals surface area contributed by atoms with Gasteiger partial charge in [-0.25, -0.2) is 8.42 Å². The summed E-state index contributed by atoms with van der Waals surface area (Å²) in [5.41, 5.74) is 1.54. The van der Waals surface area contributed by atoms with Gasteiger partial charge in [-0.2, -0.15) is 4.31 Å². The van der Waals surface area contributed by atoms with E-state index in [1.54, 1.807) is 18.7 Å². The van der Waals surface area contributed by atoms with E-state index in [9.17, 15) is 13.2 Å². The van der Waals surface area contributed by atoms with E-state index in [1.165, 1.54) is 21.6 Å². The number of aryl methyl sites for hydroxylation is 3. The van der Waals surface area contributed by atoms with Crippen LogP contribution in [0.1, 0.15) is 23.9 Å². The summed E-state index contributed by atoms with van der Waals surface area (Å²) in [5.74, 6) is 0.319. The zero-order valence-electron chi connectivity index (χ0n) is 16.5. The van der Waals surface area contributed by atoms with E-state index < -0.39 is 10.0 Å². The molecule has 152 valence electrons. The lowest BCUT2D eigenvalue weighted by atomic mass is 10.2. The van der Waals surface area contributed by atoms with E-state index >= 15 is 0 Å². The monoisotopic (exact) mass is 423 g/mol. The van der Waals surface area contributed by atoms with Crippen molar-refractivity contribution < 1.29 is 17.7 Å². The molecule has 1 amide bonds. The third kappa shape index (κ3) is 4.26. The molecule has 9 heteroatoms. The smallest absolute Gasteiger partial charge is 0.248 e. The molecule has 0 radical (unpaired) electrons. The number of sulfonamides is 1. The van der Waals surface area contributed by atoms with Gasteiger partial charge in [-0.1, -0.05) is 22.9 Å². The molecule has 7 nitrogen and oxygen atoms in total. The van der Waals surface area contributed by atoms with Crippen molar-refractivity contribution in [3.8, 4) is 0 Å². The number of amides is 1. The Kier molecular flexibility index (Phi) is 6.16. The Labute approximate surface area is 170 Å². The quantitative estimate of drug-likeness (QED) is 0.688. The molecule has 3 rings (SSSR count). The van der Waals surface area contributed by atoms with Crippen molar-refractivity contribution in [1.29, 1.82) is 0 Å². The SMILES string of the molecule is Cc1ccc(S[C@@H](C)C(=O)N2CCN(S(=O)(=O)c3c(C)noc3C)CC2)cc1. The second-order valence-electron chi connectivity index (χ2n) is 6.96. The lowest BCUT2D eigenvalue weighted by Crippen LogP contribution is -2.52. The zero-order valence-corrected chi connectivity index (χ0v) is 18.1. The van der Waals surface area contributed by atoms with Gasteiger partial charge in [0.05, 0.1) is 5.25 Å². The van der Waals surface area contributed by atoms with Crippen molar-refractivity contribution in [2.75, 3.05) is 26.2 Å². The van der Waals surface area contributed by atoms with E-state index in [2.05, 4.69) is 5.16 Å². The molecular formula is C19H25N3O4S2. The maximum Gasteiger partial charge on any atom is 0.248 e. The molecule has 0 saturated carbocycles. The molecule has 1 atom stereocenters. The fourth-order valence-corrected chi connectivity index (χ4v) is 5.91. The van der Waals surface area contributed by atoms with Crippen LogP contribution in [0.3, 0.4) is 0 Å². The molecule has 0 unspecified atom stereocenters. The first-order valence-corrected chi connectivity index (χ1v) is 11.5. The second kappa shape index (κ2) is 8.26. The van der Waals surface area contributed by atoms with Crippen LogP contribution in [0.5, 0.6) is 0 Å². The van der Waals surface area contributed by atoms with Crippen molar-refractivity contribution in [3.05, 3.63) is 41.3 Å². The maximum atomic E-state index is 12.9. The van der Waals surface area contributed by atoms with E-state index in [-0.39, 0.29) is 29.1 Å². The summed E-state index contributed by atoms with van der Waals surface area (Å²) in [6.45, 7) is 8.41. The van der Waals surface area contributed by atoms with Gasteiger partial charge in [0.15, 0.2) is 5.76 Å². The summed E-state index contributed by atoms with van der Waals surface area (Å²) < 4.78 is 32.2. The molecule has 1 aromatic heterocycles. The number of hydrogen-bond acceptors (Lipinski definition) is 6. The molecule has 0 spiro atoms. The van der Waals surface area contributed by atoms with Crippen molar-refractivity contribution in [2.45, 2.75) is 42.7 Å². The molecule has 28 heavy (non-hydrogen) atoms. The molecule has 0 aliphatic carbocycles. The van der Waals surface area contributed by atoms with Gasteiger partial charge in [0.25, 0.3) is 0 Å². The highest BCUT2D eigenvalue weighted by molar-refractivity contribution is 8.00. The minimum atomic E-state index is -3.67. The largest absolute Gasteiger partial charge is 0.360 e. The van der Waals surface area contributed by atoms with Crippen LogP contribution in [0.15, 0.2) is 38.6 Å². The molecule has 0 N–H and O–H groups in total. The zero-order chi connectivity index (χ0) is 20.5. The van der Waals surface area contributed by atoms with Crippen molar-refractivity contribution in [2.24, 2.45) is 0 Å². The number of piperazine rings is 1. The van der Waals surface area contributed by atoms with Gasteiger partial charge < -0.3 is 9.42 Å². The summed E-state index contributed by atoms with van der Waals surface area (Å²) in [4.78, 5) is 15.7. The first-order valence-electron chi connectivity index (χ1n) is 9.15. The third-order valence-corrected chi connectivity index (χ3v) is 8.04. The number of carbonyl (C=O) groups is 1. The van der Waals surface area contributed by atoms with Gasteiger partial charge in [-0.05, 0) is 39.8 Å². The average molecular weight is 424 g/mol. The topological polar surface area (TPSA) is 83.7 Å².